The van der Waals surface area contributed by atoms with Crippen molar-refractivity contribution >= 4 is 0 Å². The third kappa shape index (κ3) is 3.21. The van der Waals surface area contributed by atoms with Crippen molar-refractivity contribution in [2.24, 2.45) is 0 Å². The number of nitrogens with zero attached hydrogens (tertiary/aromatic N) is 1. The number of aromatic nitrogens is 1. The first-order valence-corrected chi connectivity index (χ1v) is 5.91. The summed E-state index contributed by atoms with van der Waals surface area (Å²) in [6, 6.07) is 14.5. The van der Waals surface area contributed by atoms with Crippen LogP contribution in [0.3, 0.4) is 0 Å². The largest absolute Gasteiger partial charge is 0.355 e. The zero-order chi connectivity index (χ0) is 12.3. The Hall–Kier alpha value is -1.54. The van der Waals surface area contributed by atoms with Gasteiger partial charge in [-0.1, -0.05) is 30.3 Å². The molecule has 0 atom stereocenters. The molecule has 1 aromatic carbocycles. The molecule has 0 unspecified atom stereocenters. The molecule has 17 heavy (non-hydrogen) atoms. The van der Waals surface area contributed by atoms with Crippen LogP contribution in [0.15, 0.2) is 48.7 Å². The summed E-state index contributed by atoms with van der Waals surface area (Å²) in [5.74, 6) is 0. The van der Waals surface area contributed by atoms with E-state index in [1.165, 1.54) is 11.3 Å². The minimum atomic E-state index is -0.113. The highest BCUT2D eigenvalue weighted by atomic mass is 16.5. The minimum absolute atomic E-state index is 0.113. The minimum Gasteiger partial charge on any atom is -0.355 e. The molecule has 0 saturated heterocycles. The Morgan fingerprint density at radius 2 is 1.71 bits per heavy atom. The Bertz CT molecular complexity index is 465. The Kier molecular flexibility index (Phi) is 3.34. The average Bonchev–Trinajstić information content (AvgIpc) is 2.75. The van der Waals surface area contributed by atoms with Gasteiger partial charge >= 0.3 is 0 Å². The van der Waals surface area contributed by atoms with E-state index in [2.05, 4.69) is 55.7 Å². The lowest BCUT2D eigenvalue weighted by Crippen LogP contribution is -2.21. The van der Waals surface area contributed by atoms with Gasteiger partial charge in [0.15, 0.2) is 0 Å². The molecule has 0 aliphatic heterocycles. The van der Waals surface area contributed by atoms with Crippen LogP contribution >= 0.6 is 0 Å². The maximum absolute atomic E-state index is 5.80. The first-order valence-electron chi connectivity index (χ1n) is 5.91. The summed E-state index contributed by atoms with van der Waals surface area (Å²) >= 11 is 0. The fraction of sp³-hybridized carbons (Fsp3) is 0.333. The standard InChI is InChI=1S/C15H19NO/c1-15(2,3)17-12-16-11-7-10-14(16)13-8-5-4-6-9-13/h4-11H,12H2,1-3H3. The highest BCUT2D eigenvalue weighted by Gasteiger charge is 2.11. The summed E-state index contributed by atoms with van der Waals surface area (Å²) in [6.07, 6.45) is 2.05. The van der Waals surface area contributed by atoms with Gasteiger partial charge in [0.2, 0.25) is 0 Å². The zero-order valence-electron chi connectivity index (χ0n) is 10.7. The van der Waals surface area contributed by atoms with Crippen molar-refractivity contribution in [3.05, 3.63) is 48.7 Å². The van der Waals surface area contributed by atoms with Crippen molar-refractivity contribution < 1.29 is 4.74 Å². The van der Waals surface area contributed by atoms with Crippen LogP contribution in [0, 0.1) is 0 Å². The third-order valence-corrected chi connectivity index (χ3v) is 2.54. The van der Waals surface area contributed by atoms with Crippen molar-refractivity contribution in [3.63, 3.8) is 0 Å². The Labute approximate surface area is 103 Å². The molecule has 2 rings (SSSR count). The summed E-state index contributed by atoms with van der Waals surface area (Å²) in [4.78, 5) is 0. The molecule has 0 radical (unpaired) electrons. The average molecular weight is 229 g/mol. The van der Waals surface area contributed by atoms with Crippen molar-refractivity contribution in [2.45, 2.75) is 33.1 Å². The van der Waals surface area contributed by atoms with Gasteiger partial charge < -0.3 is 9.30 Å². The van der Waals surface area contributed by atoms with E-state index in [1.54, 1.807) is 0 Å². The van der Waals surface area contributed by atoms with Gasteiger partial charge in [-0.3, -0.25) is 0 Å². The van der Waals surface area contributed by atoms with Crippen LogP contribution in [-0.2, 0) is 11.5 Å². The van der Waals surface area contributed by atoms with Gasteiger partial charge in [-0.2, -0.15) is 0 Å². The maximum Gasteiger partial charge on any atom is 0.123 e. The first-order chi connectivity index (χ1) is 8.06. The van der Waals surface area contributed by atoms with Crippen LogP contribution in [0.1, 0.15) is 20.8 Å². The van der Waals surface area contributed by atoms with E-state index in [1.807, 2.05) is 18.3 Å². The second-order valence-electron chi connectivity index (χ2n) is 5.12. The molecule has 0 bridgehead atoms. The van der Waals surface area contributed by atoms with Gasteiger partial charge in [0.25, 0.3) is 0 Å². The highest BCUT2D eigenvalue weighted by Crippen LogP contribution is 2.20. The SMILES string of the molecule is CC(C)(C)OCn1cccc1-c1ccccc1. The topological polar surface area (TPSA) is 14.2 Å². The van der Waals surface area contributed by atoms with E-state index in [-0.39, 0.29) is 5.60 Å². The Balaban J connectivity index is 2.18. The number of benzene rings is 1. The van der Waals surface area contributed by atoms with Gasteiger partial charge in [-0.05, 0) is 38.5 Å². The van der Waals surface area contributed by atoms with Crippen LogP contribution in [-0.4, -0.2) is 10.2 Å². The fourth-order valence-corrected chi connectivity index (χ4v) is 1.66. The van der Waals surface area contributed by atoms with Crippen LogP contribution in [0.2, 0.25) is 0 Å². The number of hydrogen-bond acceptors (Lipinski definition) is 1. The van der Waals surface area contributed by atoms with E-state index in [9.17, 15) is 0 Å². The molecule has 0 N–H and O–H groups in total. The predicted octanol–water partition coefficient (Wildman–Crippen LogP) is 3.93. The van der Waals surface area contributed by atoms with Gasteiger partial charge in [-0.25, -0.2) is 0 Å². The van der Waals surface area contributed by atoms with E-state index in [4.69, 9.17) is 4.74 Å². The van der Waals surface area contributed by atoms with Crippen molar-refractivity contribution in [2.75, 3.05) is 0 Å². The summed E-state index contributed by atoms with van der Waals surface area (Å²) in [5, 5.41) is 0. The van der Waals surface area contributed by atoms with Crippen molar-refractivity contribution in [3.8, 4) is 11.3 Å². The molecule has 0 amide bonds. The fourth-order valence-electron chi connectivity index (χ4n) is 1.66. The molecule has 0 fully saturated rings. The third-order valence-electron chi connectivity index (χ3n) is 2.54. The van der Waals surface area contributed by atoms with Gasteiger partial charge in [0.1, 0.15) is 6.73 Å². The van der Waals surface area contributed by atoms with Crippen LogP contribution in [0.5, 0.6) is 0 Å². The van der Waals surface area contributed by atoms with Crippen LogP contribution in [0.4, 0.5) is 0 Å². The molecule has 0 aliphatic carbocycles. The summed E-state index contributed by atoms with van der Waals surface area (Å²) in [6.45, 7) is 6.79. The molecule has 2 aromatic rings. The number of ether oxygens (including phenoxy) is 1. The number of rotatable bonds is 3. The zero-order valence-corrected chi connectivity index (χ0v) is 10.7. The van der Waals surface area contributed by atoms with Crippen LogP contribution < -0.4 is 0 Å². The molecule has 2 heteroatoms. The van der Waals surface area contributed by atoms with E-state index in [0.717, 1.165) is 0 Å². The van der Waals surface area contributed by atoms with Crippen LogP contribution in [0.25, 0.3) is 11.3 Å². The Morgan fingerprint density at radius 3 is 2.35 bits per heavy atom. The lowest BCUT2D eigenvalue weighted by molar-refractivity contribution is -0.0424. The molecule has 90 valence electrons. The molecule has 1 heterocycles. The van der Waals surface area contributed by atoms with E-state index in [0.29, 0.717) is 6.73 Å². The lowest BCUT2D eigenvalue weighted by atomic mass is 10.1. The molecule has 2 nitrogen and oxygen atoms in total. The smallest absolute Gasteiger partial charge is 0.123 e. The summed E-state index contributed by atoms with van der Waals surface area (Å²) in [5.41, 5.74) is 2.29. The second-order valence-corrected chi connectivity index (χ2v) is 5.12. The Morgan fingerprint density at radius 1 is 1.00 bits per heavy atom. The van der Waals surface area contributed by atoms with E-state index < -0.39 is 0 Å². The van der Waals surface area contributed by atoms with Crippen molar-refractivity contribution in [1.82, 2.24) is 4.57 Å². The quantitative estimate of drug-likeness (QED) is 0.778. The van der Waals surface area contributed by atoms with Gasteiger partial charge in [-0.15, -0.1) is 0 Å². The highest BCUT2D eigenvalue weighted by molar-refractivity contribution is 5.59. The number of hydrogen-bond donors (Lipinski definition) is 0. The second kappa shape index (κ2) is 4.76. The summed E-state index contributed by atoms with van der Waals surface area (Å²) < 4.78 is 7.92. The lowest BCUT2D eigenvalue weighted by Gasteiger charge is -2.21. The molecule has 0 aliphatic rings. The monoisotopic (exact) mass is 229 g/mol. The molecular weight excluding hydrogens is 210 g/mol. The normalized spacial score (nSPS) is 11.7. The van der Waals surface area contributed by atoms with Gasteiger partial charge in [0, 0.05) is 11.9 Å². The molecule has 0 spiro atoms. The molecule has 1 aromatic heterocycles. The molecule has 0 saturated carbocycles. The molecular formula is C15H19NO. The maximum atomic E-state index is 5.80. The van der Waals surface area contributed by atoms with Crippen molar-refractivity contribution in [1.29, 1.82) is 0 Å². The predicted molar refractivity (Wildman–Crippen MR) is 70.7 cm³/mol. The first kappa shape index (κ1) is 11.9. The summed E-state index contributed by atoms with van der Waals surface area (Å²) in [7, 11) is 0. The van der Waals surface area contributed by atoms with E-state index >= 15 is 0 Å². The van der Waals surface area contributed by atoms with Gasteiger partial charge in [0.05, 0.1) is 5.60 Å².